The molecule has 0 N–H and O–H groups in total. The second-order valence-electron chi connectivity index (χ2n) is 9.34. The number of rotatable bonds is 0. The average Bonchev–Trinajstić information content (AvgIpc) is 2.88. The monoisotopic (exact) mass is 285 g/mol. The van der Waals surface area contributed by atoms with E-state index in [1.165, 1.54) is 64.2 Å². The topological polar surface area (TPSA) is 23.8 Å². The standard InChI is InChI=1S/C20H31N/c1-19-9-3-4-17(19)16-6-5-15-12-14(13-21)7-11-20(15,2)18(16)8-10-19/h14-18H,3-12H2,1-2H3/t14-,15-,16+,17+,18+,19+,20+/m1/s1. The molecule has 4 aliphatic rings. The van der Waals surface area contributed by atoms with Crippen molar-refractivity contribution in [3.8, 4) is 6.07 Å². The van der Waals surface area contributed by atoms with Gasteiger partial charge in [0.2, 0.25) is 0 Å². The third-order valence-electron chi connectivity index (χ3n) is 8.63. The first-order valence-electron chi connectivity index (χ1n) is 9.46. The van der Waals surface area contributed by atoms with Gasteiger partial charge in [0.15, 0.2) is 0 Å². The highest BCUT2D eigenvalue weighted by molar-refractivity contribution is 5.08. The zero-order valence-corrected chi connectivity index (χ0v) is 13.9. The van der Waals surface area contributed by atoms with Crippen molar-refractivity contribution < 1.29 is 0 Å². The van der Waals surface area contributed by atoms with Crippen LogP contribution in [0, 0.1) is 51.8 Å². The zero-order chi connectivity index (χ0) is 14.7. The molecule has 0 aromatic rings. The Bertz CT molecular complexity index is 463. The van der Waals surface area contributed by atoms with Crippen molar-refractivity contribution in [3.05, 3.63) is 0 Å². The van der Waals surface area contributed by atoms with Gasteiger partial charge in [0.1, 0.15) is 0 Å². The minimum absolute atomic E-state index is 0.361. The second-order valence-corrected chi connectivity index (χ2v) is 9.34. The predicted molar refractivity (Wildman–Crippen MR) is 85.4 cm³/mol. The number of nitrogens with zero attached hydrogens (tertiary/aromatic N) is 1. The van der Waals surface area contributed by atoms with Crippen LogP contribution < -0.4 is 0 Å². The van der Waals surface area contributed by atoms with Gasteiger partial charge in [0, 0.05) is 5.92 Å². The molecule has 0 radical (unpaired) electrons. The minimum Gasteiger partial charge on any atom is -0.198 e. The van der Waals surface area contributed by atoms with Gasteiger partial charge in [0.05, 0.1) is 6.07 Å². The fourth-order valence-corrected chi connectivity index (χ4v) is 7.37. The Hall–Kier alpha value is -0.510. The van der Waals surface area contributed by atoms with Crippen LogP contribution in [0.2, 0.25) is 0 Å². The Kier molecular flexibility index (Phi) is 3.18. The molecule has 1 nitrogen and oxygen atoms in total. The first-order chi connectivity index (χ1) is 10.1. The maximum Gasteiger partial charge on any atom is 0.0655 e. The lowest BCUT2D eigenvalue weighted by Gasteiger charge is -2.60. The molecule has 0 spiro atoms. The highest BCUT2D eigenvalue weighted by Crippen LogP contribution is 2.66. The van der Waals surface area contributed by atoms with Crippen LogP contribution in [0.1, 0.15) is 78.1 Å². The largest absolute Gasteiger partial charge is 0.198 e. The second kappa shape index (κ2) is 4.74. The van der Waals surface area contributed by atoms with Crippen molar-refractivity contribution in [1.82, 2.24) is 0 Å². The highest BCUT2D eigenvalue weighted by Gasteiger charge is 2.57. The summed E-state index contributed by atoms with van der Waals surface area (Å²) >= 11 is 0. The summed E-state index contributed by atoms with van der Waals surface area (Å²) in [4.78, 5) is 0. The highest BCUT2D eigenvalue weighted by atomic mass is 14.6. The lowest BCUT2D eigenvalue weighted by Crippen LogP contribution is -2.52. The van der Waals surface area contributed by atoms with E-state index in [0.29, 0.717) is 16.7 Å². The van der Waals surface area contributed by atoms with Gasteiger partial charge in [-0.05, 0) is 92.3 Å². The molecule has 0 aromatic carbocycles. The SMILES string of the molecule is C[C@@]12CCC[C@H]1[C@@H]1CC[C@@H]3C[C@H](C#N)CC[C@]3(C)[C@H]1CC2. The minimum atomic E-state index is 0.361. The van der Waals surface area contributed by atoms with E-state index in [-0.39, 0.29) is 0 Å². The molecule has 0 heterocycles. The van der Waals surface area contributed by atoms with Gasteiger partial charge in [-0.1, -0.05) is 20.3 Å². The molecule has 1 heteroatoms. The molecule has 0 amide bonds. The summed E-state index contributed by atoms with van der Waals surface area (Å²) in [6.45, 7) is 5.21. The molecule has 0 saturated heterocycles. The normalized spacial score (nSPS) is 56.0. The Morgan fingerprint density at radius 1 is 0.905 bits per heavy atom. The Labute approximate surface area is 130 Å². The van der Waals surface area contributed by atoms with Crippen LogP contribution in [0.4, 0.5) is 0 Å². The van der Waals surface area contributed by atoms with E-state index in [4.69, 9.17) is 0 Å². The number of fused-ring (bicyclic) bond motifs is 5. The summed E-state index contributed by atoms with van der Waals surface area (Å²) in [5.74, 6) is 4.24. The van der Waals surface area contributed by atoms with Crippen molar-refractivity contribution in [2.24, 2.45) is 40.4 Å². The van der Waals surface area contributed by atoms with Crippen LogP contribution in [-0.2, 0) is 0 Å². The molecular weight excluding hydrogens is 254 g/mol. The summed E-state index contributed by atoms with van der Waals surface area (Å²) in [6.07, 6.45) is 14.1. The summed E-state index contributed by atoms with van der Waals surface area (Å²) in [5.41, 5.74) is 1.26. The molecule has 4 aliphatic carbocycles. The van der Waals surface area contributed by atoms with Gasteiger partial charge in [-0.15, -0.1) is 0 Å². The molecule has 7 atom stereocenters. The molecule has 4 fully saturated rings. The fraction of sp³-hybridized carbons (Fsp3) is 0.950. The zero-order valence-electron chi connectivity index (χ0n) is 13.9. The first-order valence-corrected chi connectivity index (χ1v) is 9.46. The molecular formula is C20H31N. The van der Waals surface area contributed by atoms with Crippen LogP contribution in [0.25, 0.3) is 0 Å². The van der Waals surface area contributed by atoms with Gasteiger partial charge in [-0.25, -0.2) is 0 Å². The van der Waals surface area contributed by atoms with Gasteiger partial charge in [0.25, 0.3) is 0 Å². The Balaban J connectivity index is 1.60. The van der Waals surface area contributed by atoms with E-state index in [0.717, 1.165) is 23.7 Å². The Morgan fingerprint density at radius 3 is 2.57 bits per heavy atom. The molecule has 0 unspecified atom stereocenters. The molecule has 0 aliphatic heterocycles. The molecule has 0 aromatic heterocycles. The van der Waals surface area contributed by atoms with Crippen molar-refractivity contribution >= 4 is 0 Å². The average molecular weight is 285 g/mol. The third-order valence-corrected chi connectivity index (χ3v) is 8.63. The summed E-state index contributed by atoms with van der Waals surface area (Å²) < 4.78 is 0. The van der Waals surface area contributed by atoms with Crippen molar-refractivity contribution in [1.29, 1.82) is 5.26 Å². The van der Waals surface area contributed by atoms with Crippen molar-refractivity contribution in [2.75, 3.05) is 0 Å². The molecule has 21 heavy (non-hydrogen) atoms. The van der Waals surface area contributed by atoms with Crippen LogP contribution >= 0.6 is 0 Å². The summed E-state index contributed by atoms with van der Waals surface area (Å²) in [5, 5.41) is 9.30. The summed E-state index contributed by atoms with van der Waals surface area (Å²) in [6, 6.07) is 2.57. The van der Waals surface area contributed by atoms with Crippen molar-refractivity contribution in [3.63, 3.8) is 0 Å². The van der Waals surface area contributed by atoms with Gasteiger partial charge in [-0.2, -0.15) is 5.26 Å². The lowest BCUT2D eigenvalue weighted by molar-refractivity contribution is -0.107. The number of hydrogen-bond donors (Lipinski definition) is 0. The third kappa shape index (κ3) is 1.94. The van der Waals surface area contributed by atoms with Crippen LogP contribution in [0.3, 0.4) is 0 Å². The molecule has 4 rings (SSSR count). The molecule has 0 bridgehead atoms. The van der Waals surface area contributed by atoms with E-state index >= 15 is 0 Å². The Morgan fingerprint density at radius 2 is 1.76 bits per heavy atom. The maximum absolute atomic E-state index is 9.30. The van der Waals surface area contributed by atoms with E-state index in [1.807, 2.05) is 0 Å². The fourth-order valence-electron chi connectivity index (χ4n) is 7.37. The van der Waals surface area contributed by atoms with Gasteiger partial charge < -0.3 is 0 Å². The quantitative estimate of drug-likeness (QED) is 0.571. The van der Waals surface area contributed by atoms with Crippen LogP contribution in [-0.4, -0.2) is 0 Å². The number of hydrogen-bond acceptors (Lipinski definition) is 1. The van der Waals surface area contributed by atoms with Crippen molar-refractivity contribution in [2.45, 2.75) is 78.1 Å². The smallest absolute Gasteiger partial charge is 0.0655 e. The number of nitriles is 1. The maximum atomic E-state index is 9.30. The van der Waals surface area contributed by atoms with Gasteiger partial charge in [-0.3, -0.25) is 0 Å². The van der Waals surface area contributed by atoms with E-state index < -0.39 is 0 Å². The van der Waals surface area contributed by atoms with Gasteiger partial charge >= 0.3 is 0 Å². The van der Waals surface area contributed by atoms with Crippen LogP contribution in [0.5, 0.6) is 0 Å². The van der Waals surface area contributed by atoms with Crippen LogP contribution in [0.15, 0.2) is 0 Å². The van der Waals surface area contributed by atoms with E-state index in [1.54, 1.807) is 0 Å². The lowest BCUT2D eigenvalue weighted by atomic mass is 9.45. The van der Waals surface area contributed by atoms with E-state index in [9.17, 15) is 5.26 Å². The summed E-state index contributed by atoms with van der Waals surface area (Å²) in [7, 11) is 0. The predicted octanol–water partition coefficient (Wildman–Crippen LogP) is 5.56. The molecule has 4 saturated carbocycles. The van der Waals surface area contributed by atoms with E-state index in [2.05, 4.69) is 19.9 Å². The first kappa shape index (κ1) is 14.1. The molecule has 116 valence electrons.